The van der Waals surface area contributed by atoms with Gasteiger partial charge in [-0.3, -0.25) is 4.68 Å². The lowest BCUT2D eigenvalue weighted by atomic mass is 9.70. The zero-order valence-corrected chi connectivity index (χ0v) is 17.7. The number of nitrogens with one attached hydrogen (secondary N) is 1. The predicted molar refractivity (Wildman–Crippen MR) is 117 cm³/mol. The van der Waals surface area contributed by atoms with Gasteiger partial charge < -0.3 is 10.8 Å². The number of halogens is 1. The molecule has 30 heavy (non-hydrogen) atoms. The smallest absolute Gasteiger partial charge is 0.214 e. The molecule has 2 bridgehead atoms. The number of H-pyrrole nitrogens is 1. The van der Waals surface area contributed by atoms with E-state index in [4.69, 9.17) is 22.4 Å². The maximum Gasteiger partial charge on any atom is 0.214 e. The van der Waals surface area contributed by atoms with Crippen LogP contribution in [0.5, 0.6) is 0 Å². The van der Waals surface area contributed by atoms with E-state index in [1.165, 1.54) is 17.7 Å². The van der Waals surface area contributed by atoms with Gasteiger partial charge in [-0.05, 0) is 56.1 Å². The Balaban J connectivity index is 1.27. The first-order valence-electron chi connectivity index (χ1n) is 10.7. The Labute approximate surface area is 180 Å². The summed E-state index contributed by atoms with van der Waals surface area (Å²) in [4.78, 5) is 3.62. The summed E-state index contributed by atoms with van der Waals surface area (Å²) in [6.45, 7) is 0.784. The number of hydrogen-bond donors (Lipinski definition) is 2. The Morgan fingerprint density at radius 1 is 1.27 bits per heavy atom. The predicted octanol–water partition coefficient (Wildman–Crippen LogP) is 3.82. The highest BCUT2D eigenvalue weighted by Crippen LogP contribution is 2.46. The largest absolute Gasteiger partial charge is 0.398 e. The molecule has 5 rings (SSSR count). The van der Waals surface area contributed by atoms with Gasteiger partial charge >= 0.3 is 0 Å². The molecule has 2 unspecified atom stereocenters. The van der Waals surface area contributed by atoms with Gasteiger partial charge in [0.2, 0.25) is 5.52 Å². The van der Waals surface area contributed by atoms with Gasteiger partial charge in [0.15, 0.2) is 5.69 Å². The van der Waals surface area contributed by atoms with E-state index in [0.29, 0.717) is 17.5 Å². The number of aliphatic hydroxyl groups is 1. The number of hydrogen-bond acceptors (Lipinski definition) is 4. The molecule has 2 aromatic heterocycles. The number of anilines is 1. The monoisotopic (exact) mass is 424 g/mol. The quantitative estimate of drug-likeness (QED) is 0.464. The minimum absolute atomic E-state index is 0.0555. The van der Waals surface area contributed by atoms with Crippen molar-refractivity contribution in [2.45, 2.75) is 57.6 Å². The van der Waals surface area contributed by atoms with Crippen molar-refractivity contribution in [1.29, 1.82) is 0 Å². The number of fused-ring (bicyclic) bond motifs is 5. The fourth-order valence-electron chi connectivity index (χ4n) is 5.21. The Morgan fingerprint density at radius 2 is 2.17 bits per heavy atom. The molecular formula is C23H27ClN5O+. The Bertz CT molecular complexity index is 1120. The van der Waals surface area contributed by atoms with E-state index >= 15 is 0 Å². The van der Waals surface area contributed by atoms with Gasteiger partial charge in [0.05, 0.1) is 23.9 Å². The normalized spacial score (nSPS) is 20.3. The second-order valence-electron chi connectivity index (χ2n) is 8.63. The van der Waals surface area contributed by atoms with Crippen LogP contribution in [0.3, 0.4) is 0 Å². The third kappa shape index (κ3) is 3.70. The number of allylic oxidation sites excluding steroid dienone is 2. The highest BCUT2D eigenvalue weighted by atomic mass is 35.5. The van der Waals surface area contributed by atoms with E-state index in [1.54, 1.807) is 5.57 Å². The van der Waals surface area contributed by atoms with Crippen LogP contribution in [0.4, 0.5) is 5.69 Å². The molecule has 0 amide bonds. The lowest BCUT2D eigenvalue weighted by Gasteiger charge is -2.34. The van der Waals surface area contributed by atoms with Crippen LogP contribution in [0.25, 0.3) is 10.9 Å². The van der Waals surface area contributed by atoms with Gasteiger partial charge in [-0.1, -0.05) is 28.5 Å². The first-order valence-corrected chi connectivity index (χ1v) is 11.1. The molecule has 7 heteroatoms. The van der Waals surface area contributed by atoms with Crippen molar-refractivity contribution in [2.24, 2.45) is 5.92 Å². The average molecular weight is 425 g/mol. The molecule has 0 aliphatic heterocycles. The standard InChI is InChI=1S/C23H26ClN5O/c24-17-4-5-19-20(11-17)26-21-10-15-7-14(8-16(9-15)22(21)23(19)25)3-1-2-6-29-12-18(13-30)27-28-29/h4-5,7,11-12,15-16,30H,1-3,6,8-10,13H2,(H2,25,26)/p+1. The summed E-state index contributed by atoms with van der Waals surface area (Å²) in [5.41, 5.74) is 13.4. The van der Waals surface area contributed by atoms with Crippen LogP contribution < -0.4 is 10.7 Å². The maximum atomic E-state index is 9.09. The SMILES string of the molecule is Nc1c2c([nH+]c3cc(Cl)ccc13)CC1C=C(CCCCn3cc(CO)nn3)CC2C1. The number of rotatable bonds is 6. The number of unbranched alkanes of at least 4 members (excludes halogenated alkanes) is 1. The molecule has 2 aliphatic carbocycles. The molecule has 4 N–H and O–H groups in total. The third-order valence-corrected chi connectivity index (χ3v) is 6.73. The summed E-state index contributed by atoms with van der Waals surface area (Å²) in [6, 6.07) is 5.91. The van der Waals surface area contributed by atoms with E-state index in [9.17, 15) is 0 Å². The van der Waals surface area contributed by atoms with E-state index < -0.39 is 0 Å². The van der Waals surface area contributed by atoms with Crippen molar-refractivity contribution < 1.29 is 10.1 Å². The van der Waals surface area contributed by atoms with Crippen molar-refractivity contribution in [3.63, 3.8) is 0 Å². The Kier molecular flexibility index (Phi) is 5.21. The van der Waals surface area contributed by atoms with Gasteiger partial charge in [-0.2, -0.15) is 0 Å². The highest BCUT2D eigenvalue weighted by Gasteiger charge is 2.36. The number of aromatic amines is 1. The molecule has 6 nitrogen and oxygen atoms in total. The van der Waals surface area contributed by atoms with Crippen molar-refractivity contribution in [3.8, 4) is 0 Å². The molecule has 2 heterocycles. The minimum atomic E-state index is -0.0555. The minimum Gasteiger partial charge on any atom is -0.398 e. The fourth-order valence-corrected chi connectivity index (χ4v) is 5.38. The summed E-state index contributed by atoms with van der Waals surface area (Å²) >= 11 is 6.19. The first kappa shape index (κ1) is 19.5. The van der Waals surface area contributed by atoms with E-state index in [2.05, 4.69) is 21.4 Å². The summed E-state index contributed by atoms with van der Waals surface area (Å²) in [6.07, 6.45) is 10.9. The fraction of sp³-hybridized carbons (Fsp3) is 0.435. The molecule has 1 aromatic carbocycles. The van der Waals surface area contributed by atoms with Crippen LogP contribution in [0.1, 0.15) is 55.0 Å². The molecule has 0 spiro atoms. The number of aryl methyl sites for hydroxylation is 1. The molecule has 0 saturated heterocycles. The maximum absolute atomic E-state index is 9.09. The van der Waals surface area contributed by atoms with Gasteiger partial charge in [-0.15, -0.1) is 5.10 Å². The van der Waals surface area contributed by atoms with Gasteiger partial charge in [-0.25, -0.2) is 4.98 Å². The van der Waals surface area contributed by atoms with E-state index in [1.807, 2.05) is 29.1 Å². The molecule has 156 valence electrons. The summed E-state index contributed by atoms with van der Waals surface area (Å²) in [5.74, 6) is 1.08. The molecule has 0 radical (unpaired) electrons. The summed E-state index contributed by atoms with van der Waals surface area (Å²) in [5, 5.41) is 18.9. The van der Waals surface area contributed by atoms with Crippen LogP contribution in [0, 0.1) is 5.92 Å². The van der Waals surface area contributed by atoms with Crippen molar-refractivity contribution in [2.75, 3.05) is 5.73 Å². The van der Waals surface area contributed by atoms with Crippen molar-refractivity contribution >= 4 is 28.2 Å². The molecular weight excluding hydrogens is 398 g/mol. The van der Waals surface area contributed by atoms with Crippen LogP contribution in [0.15, 0.2) is 36.0 Å². The average Bonchev–Trinajstić information content (AvgIpc) is 3.18. The third-order valence-electron chi connectivity index (χ3n) is 6.50. The summed E-state index contributed by atoms with van der Waals surface area (Å²) < 4.78 is 1.82. The number of nitrogen functional groups attached to an aromatic ring is 1. The molecule has 3 aromatic rings. The summed E-state index contributed by atoms with van der Waals surface area (Å²) in [7, 11) is 0. The molecule has 2 atom stereocenters. The molecule has 0 fully saturated rings. The number of benzene rings is 1. The van der Waals surface area contributed by atoms with Crippen LogP contribution >= 0.6 is 11.6 Å². The zero-order chi connectivity index (χ0) is 20.7. The first-order chi connectivity index (χ1) is 14.6. The van der Waals surface area contributed by atoms with E-state index in [-0.39, 0.29) is 6.61 Å². The molecule has 2 aliphatic rings. The number of nitrogens with zero attached hydrogens (tertiary/aromatic N) is 3. The van der Waals surface area contributed by atoms with Crippen LogP contribution in [-0.4, -0.2) is 20.1 Å². The number of aromatic nitrogens is 4. The number of pyridine rings is 1. The highest BCUT2D eigenvalue weighted by molar-refractivity contribution is 6.31. The topological polar surface area (TPSA) is 91.1 Å². The number of nitrogens with two attached hydrogens (primary N) is 1. The van der Waals surface area contributed by atoms with Gasteiger partial charge in [0.1, 0.15) is 5.69 Å². The van der Waals surface area contributed by atoms with Crippen LogP contribution in [-0.2, 0) is 19.6 Å². The van der Waals surface area contributed by atoms with E-state index in [0.717, 1.165) is 60.3 Å². The van der Waals surface area contributed by atoms with Gasteiger partial charge in [0.25, 0.3) is 0 Å². The second kappa shape index (κ2) is 8.00. The zero-order valence-electron chi connectivity index (χ0n) is 16.9. The lowest BCUT2D eigenvalue weighted by molar-refractivity contribution is -0.360. The van der Waals surface area contributed by atoms with Crippen molar-refractivity contribution in [1.82, 2.24) is 15.0 Å². The van der Waals surface area contributed by atoms with Crippen molar-refractivity contribution in [3.05, 3.63) is 58.0 Å². The van der Waals surface area contributed by atoms with Gasteiger partial charge in [0, 0.05) is 29.6 Å². The lowest BCUT2D eigenvalue weighted by Crippen LogP contribution is -2.30. The Hall–Kier alpha value is -2.44. The number of aliphatic hydroxyl groups excluding tert-OH is 1. The second-order valence-corrected chi connectivity index (χ2v) is 9.07. The van der Waals surface area contributed by atoms with Crippen LogP contribution in [0.2, 0.25) is 5.02 Å². The Morgan fingerprint density at radius 3 is 3.00 bits per heavy atom. The molecule has 0 saturated carbocycles.